The van der Waals surface area contributed by atoms with Crippen LogP contribution in [0.15, 0.2) is 33.9 Å². The van der Waals surface area contributed by atoms with Gasteiger partial charge in [0.25, 0.3) is 5.56 Å². The number of phenolic OH excluding ortho intramolecular Hbond substituents is 1. The fourth-order valence-corrected chi connectivity index (χ4v) is 3.00. The Bertz CT molecular complexity index is 1110. The monoisotopic (exact) mass is 386 g/mol. The van der Waals surface area contributed by atoms with E-state index >= 15 is 0 Å². The molecule has 0 bridgehead atoms. The van der Waals surface area contributed by atoms with Gasteiger partial charge in [0.15, 0.2) is 11.2 Å². The lowest BCUT2D eigenvalue weighted by Gasteiger charge is -2.07. The molecule has 2 aromatic heterocycles. The van der Waals surface area contributed by atoms with E-state index in [2.05, 4.69) is 9.97 Å². The molecule has 0 amide bonds. The normalized spacial score (nSPS) is 11.1. The molecule has 0 fully saturated rings. The number of phenols is 1. The van der Waals surface area contributed by atoms with Gasteiger partial charge in [0, 0.05) is 13.1 Å². The third-order valence-corrected chi connectivity index (χ3v) is 4.45. The van der Waals surface area contributed by atoms with Gasteiger partial charge in [-0.25, -0.2) is 14.6 Å². The second kappa shape index (κ2) is 8.12. The van der Waals surface area contributed by atoms with Gasteiger partial charge in [-0.15, -0.1) is 0 Å². The van der Waals surface area contributed by atoms with Gasteiger partial charge in [-0.3, -0.25) is 14.3 Å². The van der Waals surface area contributed by atoms with Crippen LogP contribution in [-0.2, 0) is 24.4 Å². The number of benzene rings is 1. The first-order valence-corrected chi connectivity index (χ1v) is 9.14. The summed E-state index contributed by atoms with van der Waals surface area (Å²) in [5, 5.41) is 9.31. The van der Waals surface area contributed by atoms with Crippen molar-refractivity contribution in [3.63, 3.8) is 0 Å². The van der Waals surface area contributed by atoms with E-state index in [1.807, 2.05) is 13.8 Å². The molecule has 0 radical (unpaired) electrons. The van der Waals surface area contributed by atoms with Crippen LogP contribution in [0.3, 0.4) is 0 Å². The van der Waals surface area contributed by atoms with Gasteiger partial charge in [-0.05, 0) is 37.6 Å². The van der Waals surface area contributed by atoms with Crippen LogP contribution < -0.4 is 11.2 Å². The van der Waals surface area contributed by atoms with Crippen molar-refractivity contribution in [1.29, 1.82) is 0 Å². The number of nitrogens with one attached hydrogen (secondary N) is 1. The van der Waals surface area contributed by atoms with E-state index in [-0.39, 0.29) is 23.4 Å². The number of aryl methyl sites for hydroxylation is 2. The highest BCUT2D eigenvalue weighted by Crippen LogP contribution is 2.15. The van der Waals surface area contributed by atoms with E-state index in [1.54, 1.807) is 4.57 Å². The number of rotatable bonds is 7. The highest BCUT2D eigenvalue weighted by Gasteiger charge is 2.19. The van der Waals surface area contributed by atoms with Crippen molar-refractivity contribution in [3.8, 4) is 5.75 Å². The lowest BCUT2D eigenvalue weighted by Crippen LogP contribution is -2.31. The Hall–Kier alpha value is -3.36. The Labute approximate surface area is 160 Å². The first-order valence-electron chi connectivity index (χ1n) is 9.14. The average molecular weight is 386 g/mol. The molecular weight excluding hydrogens is 364 g/mol. The summed E-state index contributed by atoms with van der Waals surface area (Å²) in [5.74, 6) is -0.147. The van der Waals surface area contributed by atoms with Crippen LogP contribution in [-0.4, -0.2) is 30.2 Å². The molecule has 148 valence electrons. The smallest absolute Gasteiger partial charge is 0.338 e. The van der Waals surface area contributed by atoms with Crippen LogP contribution in [0.4, 0.5) is 0 Å². The summed E-state index contributed by atoms with van der Waals surface area (Å²) < 4.78 is 8.39. The van der Waals surface area contributed by atoms with Crippen LogP contribution in [0, 0.1) is 0 Å². The van der Waals surface area contributed by atoms with Crippen LogP contribution in [0.1, 0.15) is 42.9 Å². The maximum atomic E-state index is 12.3. The highest BCUT2D eigenvalue weighted by atomic mass is 16.5. The zero-order valence-corrected chi connectivity index (χ0v) is 15.8. The van der Waals surface area contributed by atoms with Crippen LogP contribution in [0.2, 0.25) is 0 Å². The molecule has 2 N–H and O–H groups in total. The second-order valence-electron chi connectivity index (χ2n) is 6.33. The fourth-order valence-electron chi connectivity index (χ4n) is 3.00. The van der Waals surface area contributed by atoms with Gasteiger partial charge in [-0.1, -0.05) is 13.3 Å². The largest absolute Gasteiger partial charge is 0.508 e. The first kappa shape index (κ1) is 19.4. The third-order valence-electron chi connectivity index (χ3n) is 4.45. The Morgan fingerprint density at radius 1 is 1.18 bits per heavy atom. The maximum Gasteiger partial charge on any atom is 0.338 e. The molecule has 2 heterocycles. The van der Waals surface area contributed by atoms with Gasteiger partial charge >= 0.3 is 11.7 Å². The number of aromatic amines is 1. The fraction of sp³-hybridized carbons (Fsp3) is 0.368. The van der Waals surface area contributed by atoms with E-state index in [1.165, 1.54) is 28.8 Å². The number of imidazole rings is 1. The lowest BCUT2D eigenvalue weighted by molar-refractivity contribution is 0.0458. The summed E-state index contributed by atoms with van der Waals surface area (Å²) in [7, 11) is 0. The molecule has 3 aromatic rings. The van der Waals surface area contributed by atoms with Crippen molar-refractivity contribution in [2.45, 2.75) is 46.4 Å². The Balaban J connectivity index is 1.95. The minimum absolute atomic E-state index is 0.0496. The number of carbonyl (C=O) groups is 1. The van der Waals surface area contributed by atoms with E-state index in [4.69, 9.17) is 4.74 Å². The molecular formula is C19H22N4O5. The second-order valence-corrected chi connectivity index (χ2v) is 6.33. The van der Waals surface area contributed by atoms with Gasteiger partial charge in [0.2, 0.25) is 0 Å². The van der Waals surface area contributed by atoms with E-state index < -0.39 is 17.2 Å². The van der Waals surface area contributed by atoms with E-state index in [9.17, 15) is 19.5 Å². The van der Waals surface area contributed by atoms with Crippen LogP contribution >= 0.6 is 0 Å². The summed E-state index contributed by atoms with van der Waals surface area (Å²) in [6, 6.07) is 5.69. The van der Waals surface area contributed by atoms with E-state index in [0.717, 1.165) is 12.8 Å². The number of fused-ring (bicyclic) bond motifs is 1. The summed E-state index contributed by atoms with van der Waals surface area (Å²) in [6.45, 7) is 4.57. The topological polar surface area (TPSA) is 119 Å². The molecule has 0 saturated carbocycles. The number of aromatic hydroxyl groups is 1. The predicted octanol–water partition coefficient (Wildman–Crippen LogP) is 1.77. The predicted molar refractivity (Wildman–Crippen MR) is 102 cm³/mol. The molecule has 0 saturated heterocycles. The molecule has 0 unspecified atom stereocenters. The number of hydrogen-bond acceptors (Lipinski definition) is 6. The Morgan fingerprint density at radius 2 is 1.89 bits per heavy atom. The molecule has 0 aliphatic rings. The van der Waals surface area contributed by atoms with Gasteiger partial charge < -0.3 is 14.4 Å². The Morgan fingerprint density at radius 3 is 2.54 bits per heavy atom. The average Bonchev–Trinajstić information content (AvgIpc) is 3.05. The molecule has 1 aromatic carbocycles. The van der Waals surface area contributed by atoms with Crippen molar-refractivity contribution >= 4 is 17.1 Å². The number of carbonyl (C=O) groups excluding carboxylic acids is 1. The zero-order chi connectivity index (χ0) is 20.3. The summed E-state index contributed by atoms with van der Waals surface area (Å²) in [4.78, 5) is 43.5. The standard InChI is InChI=1S/C19H22N4O5/c1-3-5-10-23-16-15(17(25)21-19(23)27)22(4-2)14(20-16)11-28-18(26)12-6-8-13(24)9-7-12/h6-9,24H,3-5,10-11H2,1-2H3,(H,21,25,27). The molecule has 0 aliphatic heterocycles. The number of unbranched alkanes of at least 4 members (excludes halogenated alkanes) is 1. The van der Waals surface area contributed by atoms with Gasteiger partial charge in [0.1, 0.15) is 18.2 Å². The van der Waals surface area contributed by atoms with Crippen molar-refractivity contribution in [2.75, 3.05) is 0 Å². The number of aromatic nitrogens is 4. The molecule has 9 nitrogen and oxygen atoms in total. The third kappa shape index (κ3) is 3.68. The van der Waals surface area contributed by atoms with Gasteiger partial charge in [0.05, 0.1) is 5.56 Å². The summed E-state index contributed by atoms with van der Waals surface area (Å²) >= 11 is 0. The van der Waals surface area contributed by atoms with Crippen LogP contribution in [0.25, 0.3) is 11.2 Å². The minimum Gasteiger partial charge on any atom is -0.508 e. The van der Waals surface area contributed by atoms with Crippen LogP contribution in [0.5, 0.6) is 5.75 Å². The number of hydrogen-bond donors (Lipinski definition) is 2. The Kier molecular flexibility index (Phi) is 5.62. The maximum absolute atomic E-state index is 12.3. The van der Waals surface area contributed by atoms with E-state index in [0.29, 0.717) is 24.6 Å². The minimum atomic E-state index is -0.577. The van der Waals surface area contributed by atoms with Gasteiger partial charge in [-0.2, -0.15) is 0 Å². The zero-order valence-electron chi connectivity index (χ0n) is 15.8. The molecule has 3 rings (SSSR count). The molecule has 0 spiro atoms. The molecule has 28 heavy (non-hydrogen) atoms. The van der Waals surface area contributed by atoms with Crippen molar-refractivity contribution in [2.24, 2.45) is 0 Å². The molecule has 0 aliphatic carbocycles. The first-order chi connectivity index (χ1) is 13.5. The highest BCUT2D eigenvalue weighted by molar-refractivity contribution is 5.89. The van der Waals surface area contributed by atoms with Crippen molar-refractivity contribution < 1.29 is 14.6 Å². The van der Waals surface area contributed by atoms with Crippen molar-refractivity contribution in [1.82, 2.24) is 19.1 Å². The number of ether oxygens (including phenoxy) is 1. The number of esters is 1. The number of H-pyrrole nitrogens is 1. The number of nitrogens with zero attached hydrogens (tertiary/aromatic N) is 3. The van der Waals surface area contributed by atoms with Crippen molar-refractivity contribution in [3.05, 3.63) is 56.5 Å². The molecule has 9 heteroatoms. The SMILES string of the molecule is CCCCn1c(=O)[nH]c(=O)c2c1nc(COC(=O)c1ccc(O)cc1)n2CC. The quantitative estimate of drug-likeness (QED) is 0.597. The lowest BCUT2D eigenvalue weighted by atomic mass is 10.2. The summed E-state index contributed by atoms with van der Waals surface area (Å²) in [6.07, 6.45) is 1.66. The molecule has 0 atom stereocenters. The summed E-state index contributed by atoms with van der Waals surface area (Å²) in [5.41, 5.74) is -0.152.